The number of carbonyl (C=O) groups is 1. The van der Waals surface area contributed by atoms with Gasteiger partial charge in [0.2, 0.25) is 0 Å². The molecule has 0 aliphatic rings. The number of pyridine rings is 1. The SMILES string of the molecule is CSc1ncc(C(=O)Nc2ncccc2C)c(-c2ccccc2)n1. The molecule has 120 valence electrons. The number of aromatic nitrogens is 3. The Hall–Kier alpha value is -2.73. The van der Waals surface area contributed by atoms with Crippen molar-refractivity contribution in [1.82, 2.24) is 15.0 Å². The molecule has 0 radical (unpaired) electrons. The molecule has 1 N–H and O–H groups in total. The number of thioether (sulfide) groups is 1. The number of amides is 1. The van der Waals surface area contributed by atoms with Gasteiger partial charge in [0.25, 0.3) is 5.91 Å². The Morgan fingerprint density at radius 2 is 1.88 bits per heavy atom. The van der Waals surface area contributed by atoms with E-state index in [-0.39, 0.29) is 5.91 Å². The Morgan fingerprint density at radius 3 is 2.58 bits per heavy atom. The number of nitrogens with zero attached hydrogens (tertiary/aromatic N) is 3. The van der Waals surface area contributed by atoms with Gasteiger partial charge in [-0.2, -0.15) is 0 Å². The van der Waals surface area contributed by atoms with E-state index in [1.165, 1.54) is 11.8 Å². The monoisotopic (exact) mass is 336 g/mol. The highest BCUT2D eigenvalue weighted by atomic mass is 32.2. The first-order chi connectivity index (χ1) is 11.7. The van der Waals surface area contributed by atoms with Crippen molar-refractivity contribution >= 4 is 23.5 Å². The van der Waals surface area contributed by atoms with Crippen LogP contribution < -0.4 is 5.32 Å². The van der Waals surface area contributed by atoms with Crippen LogP contribution in [-0.2, 0) is 0 Å². The van der Waals surface area contributed by atoms with Crippen molar-refractivity contribution in [3.63, 3.8) is 0 Å². The van der Waals surface area contributed by atoms with E-state index in [9.17, 15) is 4.79 Å². The molecule has 0 aliphatic heterocycles. The third kappa shape index (κ3) is 3.44. The van der Waals surface area contributed by atoms with Crippen LogP contribution in [-0.4, -0.2) is 27.1 Å². The van der Waals surface area contributed by atoms with E-state index in [1.807, 2.05) is 55.6 Å². The molecule has 0 aliphatic carbocycles. The fourth-order valence-corrected chi connectivity index (χ4v) is 2.58. The van der Waals surface area contributed by atoms with Crippen molar-refractivity contribution in [2.75, 3.05) is 11.6 Å². The van der Waals surface area contributed by atoms with Gasteiger partial charge in [0, 0.05) is 18.0 Å². The molecule has 0 spiro atoms. The molecule has 2 heterocycles. The smallest absolute Gasteiger partial charge is 0.260 e. The molecule has 0 unspecified atom stereocenters. The van der Waals surface area contributed by atoms with Crippen molar-refractivity contribution < 1.29 is 4.79 Å². The molecule has 0 atom stereocenters. The summed E-state index contributed by atoms with van der Waals surface area (Å²) in [5.74, 6) is 0.263. The minimum absolute atomic E-state index is 0.275. The third-order valence-electron chi connectivity index (χ3n) is 3.48. The second kappa shape index (κ2) is 7.23. The molecule has 0 saturated heterocycles. The fourth-order valence-electron chi connectivity index (χ4n) is 2.24. The second-order valence-electron chi connectivity index (χ2n) is 5.11. The van der Waals surface area contributed by atoms with Gasteiger partial charge in [0.15, 0.2) is 5.16 Å². The number of aryl methyl sites for hydroxylation is 1. The van der Waals surface area contributed by atoms with Crippen LogP contribution in [0, 0.1) is 6.92 Å². The highest BCUT2D eigenvalue weighted by Gasteiger charge is 2.17. The second-order valence-corrected chi connectivity index (χ2v) is 5.88. The Morgan fingerprint density at radius 1 is 1.08 bits per heavy atom. The summed E-state index contributed by atoms with van der Waals surface area (Å²) >= 11 is 1.44. The number of nitrogens with one attached hydrogen (secondary N) is 1. The number of benzene rings is 1. The van der Waals surface area contributed by atoms with E-state index in [4.69, 9.17) is 0 Å². The summed E-state index contributed by atoms with van der Waals surface area (Å²) in [5, 5.41) is 3.46. The van der Waals surface area contributed by atoms with Crippen LogP contribution in [0.5, 0.6) is 0 Å². The van der Waals surface area contributed by atoms with Crippen LogP contribution in [0.1, 0.15) is 15.9 Å². The lowest BCUT2D eigenvalue weighted by atomic mass is 10.1. The molecule has 24 heavy (non-hydrogen) atoms. The van der Waals surface area contributed by atoms with Crippen LogP contribution in [0.3, 0.4) is 0 Å². The van der Waals surface area contributed by atoms with Crippen LogP contribution >= 0.6 is 11.8 Å². The van der Waals surface area contributed by atoms with E-state index in [0.717, 1.165) is 11.1 Å². The predicted molar refractivity (Wildman–Crippen MR) is 96.2 cm³/mol. The Labute approximate surface area is 144 Å². The van der Waals surface area contributed by atoms with Gasteiger partial charge in [-0.1, -0.05) is 48.2 Å². The average Bonchev–Trinajstić information content (AvgIpc) is 2.63. The molecule has 3 aromatic rings. The van der Waals surface area contributed by atoms with Crippen molar-refractivity contribution in [2.24, 2.45) is 0 Å². The van der Waals surface area contributed by atoms with Gasteiger partial charge < -0.3 is 5.32 Å². The summed E-state index contributed by atoms with van der Waals surface area (Å²) in [4.78, 5) is 25.7. The van der Waals surface area contributed by atoms with Crippen LogP contribution in [0.15, 0.2) is 60.0 Å². The number of anilines is 1. The maximum atomic E-state index is 12.7. The summed E-state index contributed by atoms with van der Waals surface area (Å²) in [5.41, 5.74) is 2.80. The highest BCUT2D eigenvalue weighted by Crippen LogP contribution is 2.24. The number of hydrogen-bond donors (Lipinski definition) is 1. The maximum absolute atomic E-state index is 12.7. The number of carbonyl (C=O) groups excluding carboxylic acids is 1. The molecule has 1 amide bonds. The zero-order valence-corrected chi connectivity index (χ0v) is 14.2. The Kier molecular flexibility index (Phi) is 4.86. The van der Waals surface area contributed by atoms with Gasteiger partial charge in [-0.3, -0.25) is 4.79 Å². The van der Waals surface area contributed by atoms with Crippen LogP contribution in [0.4, 0.5) is 5.82 Å². The molecular formula is C18H16N4OS. The van der Waals surface area contributed by atoms with Gasteiger partial charge in [-0.25, -0.2) is 15.0 Å². The third-order valence-corrected chi connectivity index (χ3v) is 4.04. The van der Waals surface area contributed by atoms with E-state index in [2.05, 4.69) is 20.3 Å². The lowest BCUT2D eigenvalue weighted by Crippen LogP contribution is -2.16. The summed E-state index contributed by atoms with van der Waals surface area (Å²) in [7, 11) is 0. The molecule has 5 nitrogen and oxygen atoms in total. The first-order valence-electron chi connectivity index (χ1n) is 7.38. The summed E-state index contributed by atoms with van der Waals surface area (Å²) in [6, 6.07) is 13.3. The number of hydrogen-bond acceptors (Lipinski definition) is 5. The van der Waals surface area contributed by atoms with Gasteiger partial charge in [-0.05, 0) is 24.8 Å². The molecule has 0 saturated carbocycles. The molecule has 0 bridgehead atoms. The summed E-state index contributed by atoms with van der Waals surface area (Å²) < 4.78 is 0. The maximum Gasteiger partial charge on any atom is 0.260 e. The molecule has 6 heteroatoms. The fraction of sp³-hybridized carbons (Fsp3) is 0.111. The van der Waals surface area contributed by atoms with Crippen molar-refractivity contribution in [2.45, 2.75) is 12.1 Å². The first kappa shape index (κ1) is 16.1. The zero-order chi connectivity index (χ0) is 16.9. The van der Waals surface area contributed by atoms with E-state index >= 15 is 0 Å². The molecule has 3 rings (SSSR count). The first-order valence-corrected chi connectivity index (χ1v) is 8.61. The Balaban J connectivity index is 2.01. The van der Waals surface area contributed by atoms with Crippen molar-refractivity contribution in [3.05, 3.63) is 66.0 Å². The average molecular weight is 336 g/mol. The lowest BCUT2D eigenvalue weighted by Gasteiger charge is -2.11. The predicted octanol–water partition coefficient (Wildman–Crippen LogP) is 3.82. The summed E-state index contributed by atoms with van der Waals surface area (Å²) in [6.45, 7) is 1.90. The normalized spacial score (nSPS) is 10.4. The van der Waals surface area contributed by atoms with Crippen LogP contribution in [0.25, 0.3) is 11.3 Å². The standard InChI is InChI=1S/C18H16N4OS/c1-12-7-6-10-19-16(12)22-17(23)14-11-20-18(24-2)21-15(14)13-8-4-3-5-9-13/h3-11H,1-2H3,(H,19,22,23). The molecule has 2 aromatic heterocycles. The van der Waals surface area contributed by atoms with Gasteiger partial charge >= 0.3 is 0 Å². The molecule has 1 aromatic carbocycles. The highest BCUT2D eigenvalue weighted by molar-refractivity contribution is 7.98. The minimum atomic E-state index is -0.275. The quantitative estimate of drug-likeness (QED) is 0.579. The van der Waals surface area contributed by atoms with Gasteiger partial charge in [-0.15, -0.1) is 0 Å². The summed E-state index contributed by atoms with van der Waals surface area (Å²) in [6.07, 6.45) is 5.11. The topological polar surface area (TPSA) is 67.8 Å². The zero-order valence-electron chi connectivity index (χ0n) is 13.4. The van der Waals surface area contributed by atoms with Crippen molar-refractivity contribution in [1.29, 1.82) is 0 Å². The molecule has 0 fully saturated rings. The minimum Gasteiger partial charge on any atom is -0.306 e. The van der Waals surface area contributed by atoms with Gasteiger partial charge in [0.1, 0.15) is 5.82 Å². The Bertz CT molecular complexity index is 868. The number of rotatable bonds is 4. The van der Waals surface area contributed by atoms with E-state index < -0.39 is 0 Å². The lowest BCUT2D eigenvalue weighted by molar-refractivity contribution is 0.102. The van der Waals surface area contributed by atoms with E-state index in [1.54, 1.807) is 12.4 Å². The largest absolute Gasteiger partial charge is 0.306 e. The van der Waals surface area contributed by atoms with Gasteiger partial charge in [0.05, 0.1) is 11.3 Å². The van der Waals surface area contributed by atoms with Crippen molar-refractivity contribution in [3.8, 4) is 11.3 Å². The van der Waals surface area contributed by atoms with Crippen LogP contribution in [0.2, 0.25) is 0 Å². The van der Waals surface area contributed by atoms with E-state index in [0.29, 0.717) is 22.2 Å². The molecular weight excluding hydrogens is 320 g/mol.